The van der Waals surface area contributed by atoms with Gasteiger partial charge in [0.25, 0.3) is 11.7 Å². The van der Waals surface area contributed by atoms with Crippen LogP contribution in [0.2, 0.25) is 0 Å². The fourth-order valence-corrected chi connectivity index (χ4v) is 4.37. The molecule has 3 N–H and O–H groups in total. The summed E-state index contributed by atoms with van der Waals surface area (Å²) in [6.07, 6.45) is 1.19. The third kappa shape index (κ3) is 1.53. The van der Waals surface area contributed by atoms with Crippen LogP contribution >= 0.6 is 0 Å². The van der Waals surface area contributed by atoms with E-state index in [2.05, 4.69) is 5.43 Å². The van der Waals surface area contributed by atoms with Crippen molar-refractivity contribution in [2.24, 2.45) is 16.6 Å². The highest BCUT2D eigenvalue weighted by Gasteiger charge is 2.76. The normalized spacial score (nSPS) is 32.7. The number of hydrazine groups is 1. The lowest BCUT2D eigenvalue weighted by Crippen LogP contribution is -2.56. The average Bonchev–Trinajstić information content (AvgIpc) is 3.01. The molecule has 6 nitrogen and oxygen atoms in total. The number of hydrogen-bond acceptors (Lipinski definition) is 4. The summed E-state index contributed by atoms with van der Waals surface area (Å²) >= 11 is 0. The molecule has 4 rings (SSSR count). The topological polar surface area (TPSA) is 84.4 Å². The molecule has 1 saturated carbocycles. The Kier molecular flexibility index (Phi) is 2.77. The van der Waals surface area contributed by atoms with Crippen molar-refractivity contribution in [2.45, 2.75) is 45.8 Å². The second kappa shape index (κ2) is 4.37. The van der Waals surface area contributed by atoms with Crippen LogP contribution < -0.4 is 11.2 Å². The number of nitrogens with zero attached hydrogens (tertiary/aromatic N) is 1. The van der Waals surface area contributed by atoms with Gasteiger partial charge in [0.2, 0.25) is 0 Å². The third-order valence-corrected chi connectivity index (χ3v) is 6.60. The van der Waals surface area contributed by atoms with Crippen LogP contribution in [0, 0.1) is 10.8 Å². The van der Waals surface area contributed by atoms with Gasteiger partial charge in [-0.05, 0) is 25.8 Å². The molecule has 2 aliphatic heterocycles. The van der Waals surface area contributed by atoms with E-state index in [4.69, 9.17) is 10.5 Å². The molecule has 2 unspecified atom stereocenters. The zero-order valence-electron chi connectivity index (χ0n) is 14.2. The van der Waals surface area contributed by atoms with Crippen LogP contribution in [0.5, 0.6) is 0 Å². The Hall–Kier alpha value is -2.37. The fraction of sp³-hybridized carbons (Fsp3) is 0.500. The first kappa shape index (κ1) is 15.2. The van der Waals surface area contributed by atoms with E-state index in [-0.39, 0.29) is 11.9 Å². The number of amides is 1. The third-order valence-electron chi connectivity index (χ3n) is 6.60. The summed E-state index contributed by atoms with van der Waals surface area (Å²) in [6, 6.07) is 7.78. The van der Waals surface area contributed by atoms with Crippen LogP contribution in [0.3, 0.4) is 0 Å². The van der Waals surface area contributed by atoms with E-state index in [0.29, 0.717) is 25.2 Å². The second-order valence-corrected chi connectivity index (χ2v) is 7.74. The SMILES string of the molecule is CC12CCC(C(=O)N[N+]3=C(N)c4ccccc4C3)(OC1=O)C2(C)C. The first-order valence-electron chi connectivity index (χ1n) is 8.26. The van der Waals surface area contributed by atoms with Gasteiger partial charge in [-0.1, -0.05) is 32.0 Å². The number of esters is 1. The van der Waals surface area contributed by atoms with Crippen LogP contribution in [-0.2, 0) is 20.9 Å². The van der Waals surface area contributed by atoms with Gasteiger partial charge in [-0.3, -0.25) is 15.3 Å². The molecule has 0 spiro atoms. The highest BCUT2D eigenvalue weighted by molar-refractivity contribution is 5.98. The van der Waals surface area contributed by atoms with Crippen molar-refractivity contribution in [3.63, 3.8) is 0 Å². The van der Waals surface area contributed by atoms with Gasteiger partial charge in [0.1, 0.15) is 6.54 Å². The largest absolute Gasteiger partial charge is 0.448 e. The number of hydrazone groups is 1. The summed E-state index contributed by atoms with van der Waals surface area (Å²) < 4.78 is 7.26. The van der Waals surface area contributed by atoms with Gasteiger partial charge in [0.05, 0.1) is 11.0 Å². The predicted octanol–water partition coefficient (Wildman–Crippen LogP) is 1.07. The smallest absolute Gasteiger partial charge is 0.313 e. The number of nitrogens with one attached hydrogen (secondary N) is 1. The van der Waals surface area contributed by atoms with Crippen LogP contribution in [0.15, 0.2) is 24.3 Å². The van der Waals surface area contributed by atoms with Crippen LogP contribution in [-0.4, -0.2) is 28.0 Å². The molecule has 0 radical (unpaired) electrons. The number of carbonyl (C=O) groups excluding carboxylic acids is 2. The molecule has 2 heterocycles. The Bertz CT molecular complexity index is 813. The van der Waals surface area contributed by atoms with Crippen molar-refractivity contribution < 1.29 is 19.0 Å². The lowest BCUT2D eigenvalue weighted by Gasteiger charge is -2.34. The molecule has 24 heavy (non-hydrogen) atoms. The van der Waals surface area contributed by atoms with Gasteiger partial charge >= 0.3 is 5.97 Å². The van der Waals surface area contributed by atoms with Gasteiger partial charge in [0, 0.05) is 11.0 Å². The number of ether oxygens (including phenoxy) is 1. The van der Waals surface area contributed by atoms with E-state index in [1.165, 1.54) is 0 Å². The van der Waals surface area contributed by atoms with E-state index in [0.717, 1.165) is 11.1 Å². The number of nitrogens with two attached hydrogens (primary N) is 1. The second-order valence-electron chi connectivity index (χ2n) is 7.74. The van der Waals surface area contributed by atoms with Crippen molar-refractivity contribution in [3.05, 3.63) is 35.4 Å². The van der Waals surface area contributed by atoms with Crippen molar-refractivity contribution in [1.29, 1.82) is 0 Å². The molecule has 3 aliphatic rings. The number of hydrogen-bond donors (Lipinski definition) is 2. The molecule has 1 amide bonds. The van der Waals surface area contributed by atoms with E-state index in [9.17, 15) is 9.59 Å². The first-order valence-corrected chi connectivity index (χ1v) is 8.26. The van der Waals surface area contributed by atoms with E-state index >= 15 is 0 Å². The van der Waals surface area contributed by atoms with E-state index in [1.807, 2.05) is 45.0 Å². The lowest BCUT2D eigenvalue weighted by atomic mass is 9.66. The van der Waals surface area contributed by atoms with Gasteiger partial charge in [-0.2, -0.15) is 10.1 Å². The zero-order valence-corrected chi connectivity index (χ0v) is 14.2. The van der Waals surface area contributed by atoms with Crippen molar-refractivity contribution >= 4 is 17.7 Å². The highest BCUT2D eigenvalue weighted by atomic mass is 16.6. The predicted molar refractivity (Wildman–Crippen MR) is 86.8 cm³/mol. The maximum atomic E-state index is 13.1. The standard InChI is InChI=1S/C18H21N3O3/c1-16(2)17(3)8-9-18(16,24-15(17)23)14(22)20-21-10-11-6-4-5-7-12(11)13(21)19/h4-7,19H,8-10H2,1-3H3,(H,20,22)/p+1. The fourth-order valence-electron chi connectivity index (χ4n) is 4.37. The van der Waals surface area contributed by atoms with Crippen LogP contribution in [0.1, 0.15) is 44.7 Å². The summed E-state index contributed by atoms with van der Waals surface area (Å²) in [4.78, 5) is 25.4. The molecular formula is C18H22N3O3+. The highest BCUT2D eigenvalue weighted by Crippen LogP contribution is 2.65. The maximum absolute atomic E-state index is 13.1. The summed E-state index contributed by atoms with van der Waals surface area (Å²) in [6.45, 7) is 6.28. The molecule has 6 heteroatoms. The number of amidine groups is 1. The van der Waals surface area contributed by atoms with Crippen LogP contribution in [0.25, 0.3) is 0 Å². The maximum Gasteiger partial charge on any atom is 0.313 e. The minimum Gasteiger partial charge on any atom is -0.448 e. The van der Waals surface area contributed by atoms with Gasteiger partial charge < -0.3 is 4.74 Å². The monoisotopic (exact) mass is 328 g/mol. The Labute approximate surface area is 140 Å². The Balaban J connectivity index is 1.65. The number of fused-ring (bicyclic) bond motifs is 3. The van der Waals surface area contributed by atoms with Gasteiger partial charge in [-0.25, -0.2) is 0 Å². The molecule has 1 aromatic rings. The quantitative estimate of drug-likeness (QED) is 0.628. The zero-order chi connectivity index (χ0) is 17.3. The molecule has 0 aromatic heterocycles. The Morgan fingerprint density at radius 3 is 2.54 bits per heavy atom. The Morgan fingerprint density at radius 2 is 1.96 bits per heavy atom. The number of rotatable bonds is 2. The molecule has 126 valence electrons. The summed E-state index contributed by atoms with van der Waals surface area (Å²) in [7, 11) is 0. The summed E-state index contributed by atoms with van der Waals surface area (Å²) in [5.41, 5.74) is 8.73. The molecule has 2 bridgehead atoms. The summed E-state index contributed by atoms with van der Waals surface area (Å²) in [5.74, 6) is -0.0633. The van der Waals surface area contributed by atoms with Crippen molar-refractivity contribution in [3.8, 4) is 0 Å². The number of carbonyl (C=O) groups is 2. The molecule has 1 aromatic carbocycles. The first-order chi connectivity index (χ1) is 11.2. The average molecular weight is 328 g/mol. The minimum absolute atomic E-state index is 0.282. The van der Waals surface area contributed by atoms with Crippen molar-refractivity contribution in [2.75, 3.05) is 0 Å². The Morgan fingerprint density at radius 1 is 1.25 bits per heavy atom. The molecule has 2 fully saturated rings. The molecule has 1 saturated heterocycles. The molecule has 2 atom stereocenters. The minimum atomic E-state index is -1.13. The van der Waals surface area contributed by atoms with Crippen molar-refractivity contribution in [1.82, 2.24) is 5.43 Å². The number of benzene rings is 1. The lowest BCUT2D eigenvalue weighted by molar-refractivity contribution is -0.587. The van der Waals surface area contributed by atoms with Gasteiger partial charge in [0.15, 0.2) is 5.60 Å². The van der Waals surface area contributed by atoms with E-state index < -0.39 is 16.4 Å². The summed E-state index contributed by atoms with van der Waals surface area (Å²) in [5, 5.41) is 0. The molecule has 1 aliphatic carbocycles. The molecular weight excluding hydrogens is 306 g/mol. The van der Waals surface area contributed by atoms with Gasteiger partial charge in [-0.15, -0.1) is 0 Å². The van der Waals surface area contributed by atoms with Crippen LogP contribution in [0.4, 0.5) is 0 Å². The van der Waals surface area contributed by atoms with E-state index in [1.54, 1.807) is 4.68 Å².